The maximum absolute atomic E-state index is 11.7. The van der Waals surface area contributed by atoms with Crippen molar-refractivity contribution >= 4 is 22.7 Å². The number of hydrogen-bond acceptors (Lipinski definition) is 5. The predicted molar refractivity (Wildman–Crippen MR) is 88.6 cm³/mol. The molecule has 2 aromatic rings. The molecule has 1 aliphatic heterocycles. The van der Waals surface area contributed by atoms with Gasteiger partial charge in [0.2, 0.25) is 0 Å². The zero-order chi connectivity index (χ0) is 17.1. The lowest BCUT2D eigenvalue weighted by Crippen LogP contribution is -2.19. The van der Waals surface area contributed by atoms with E-state index in [0.717, 1.165) is 32.0 Å². The third kappa shape index (κ3) is 3.42. The predicted octanol–water partition coefficient (Wildman–Crippen LogP) is 3.02. The Labute approximate surface area is 142 Å². The minimum Gasteiger partial charge on any atom is -0.768 e. The number of nitrogens with zero attached hydrogens (tertiary/aromatic N) is 1. The highest BCUT2D eigenvalue weighted by atomic mass is 32.2. The molecule has 1 saturated heterocycles. The Bertz CT molecular complexity index is 772. The summed E-state index contributed by atoms with van der Waals surface area (Å²) in [4.78, 5) is 13.2. The van der Waals surface area contributed by atoms with Gasteiger partial charge in [0.1, 0.15) is 5.75 Å². The number of hydrogen-bond donors (Lipinski definition) is 1. The third-order valence-electron chi connectivity index (χ3n) is 3.87. The summed E-state index contributed by atoms with van der Waals surface area (Å²) in [6.45, 7) is 1.47. The number of aromatic carboxylic acids is 1. The summed E-state index contributed by atoms with van der Waals surface area (Å²) >= 11 is -2.62. The van der Waals surface area contributed by atoms with Gasteiger partial charge in [0.05, 0.1) is 16.1 Å². The van der Waals surface area contributed by atoms with Gasteiger partial charge in [-0.15, -0.1) is 0 Å². The maximum atomic E-state index is 11.7. The standard InChI is InChI=1S/C17H17NO5S/c19-17(20)12-10-14(18-8-4-5-9-18)16(15(11-12)24(21)22)23-13-6-2-1-3-7-13/h1-3,6-7,10-11H,4-5,8-9H2,(H,19,20)(H,21,22)/p-1. The Balaban J connectivity index is 2.15. The van der Waals surface area contributed by atoms with E-state index in [9.17, 15) is 18.7 Å². The summed E-state index contributed by atoms with van der Waals surface area (Å²) in [6.07, 6.45) is 1.94. The first kappa shape index (κ1) is 16.5. The molecule has 1 heterocycles. The van der Waals surface area contributed by atoms with E-state index < -0.39 is 17.0 Å². The van der Waals surface area contributed by atoms with Crippen LogP contribution in [0.15, 0.2) is 47.4 Å². The van der Waals surface area contributed by atoms with Gasteiger partial charge < -0.3 is 19.3 Å². The van der Waals surface area contributed by atoms with E-state index in [2.05, 4.69) is 0 Å². The van der Waals surface area contributed by atoms with E-state index in [1.165, 1.54) is 6.07 Å². The number of rotatable bonds is 5. The summed E-state index contributed by atoms with van der Waals surface area (Å²) in [7, 11) is 0. The first-order valence-electron chi connectivity index (χ1n) is 7.54. The molecule has 24 heavy (non-hydrogen) atoms. The largest absolute Gasteiger partial charge is 0.768 e. The van der Waals surface area contributed by atoms with Crippen LogP contribution in [0.3, 0.4) is 0 Å². The van der Waals surface area contributed by atoms with E-state index in [4.69, 9.17) is 4.74 Å². The van der Waals surface area contributed by atoms with Crippen LogP contribution in [0.4, 0.5) is 5.69 Å². The molecule has 6 nitrogen and oxygen atoms in total. The van der Waals surface area contributed by atoms with E-state index >= 15 is 0 Å². The lowest BCUT2D eigenvalue weighted by molar-refractivity contribution is 0.0696. The van der Waals surface area contributed by atoms with Crippen LogP contribution in [0.2, 0.25) is 0 Å². The molecule has 1 atom stereocenters. The fraction of sp³-hybridized carbons (Fsp3) is 0.235. The molecule has 0 spiro atoms. The van der Waals surface area contributed by atoms with Crippen molar-refractivity contribution in [3.8, 4) is 11.5 Å². The number of carbonyl (C=O) groups is 1. The quantitative estimate of drug-likeness (QED) is 0.837. The van der Waals surface area contributed by atoms with Crippen LogP contribution in [0.25, 0.3) is 0 Å². The van der Waals surface area contributed by atoms with Crippen molar-refractivity contribution in [1.29, 1.82) is 0 Å². The SMILES string of the molecule is O=C(O)c1cc(N2CCCC2)c(Oc2ccccc2)c(S(=O)[O-])c1. The van der Waals surface area contributed by atoms with E-state index in [1.54, 1.807) is 24.3 Å². The van der Waals surface area contributed by atoms with Crippen LogP contribution in [-0.4, -0.2) is 32.9 Å². The number of anilines is 1. The van der Waals surface area contributed by atoms with E-state index in [0.29, 0.717) is 11.4 Å². The van der Waals surface area contributed by atoms with E-state index in [1.807, 2.05) is 11.0 Å². The normalized spacial score (nSPS) is 15.3. The van der Waals surface area contributed by atoms with Gasteiger partial charge in [-0.25, -0.2) is 4.79 Å². The highest BCUT2D eigenvalue weighted by Gasteiger charge is 2.23. The van der Waals surface area contributed by atoms with Gasteiger partial charge in [0.15, 0.2) is 5.75 Å². The zero-order valence-corrected chi connectivity index (χ0v) is 13.6. The second-order valence-electron chi connectivity index (χ2n) is 5.47. The van der Waals surface area contributed by atoms with Crippen LogP contribution < -0.4 is 9.64 Å². The summed E-state index contributed by atoms with van der Waals surface area (Å²) in [5.74, 6) is -0.512. The average Bonchev–Trinajstić information content (AvgIpc) is 3.09. The lowest BCUT2D eigenvalue weighted by Gasteiger charge is -2.24. The highest BCUT2D eigenvalue weighted by molar-refractivity contribution is 7.79. The molecule has 1 unspecified atom stereocenters. The topological polar surface area (TPSA) is 89.9 Å². The molecule has 0 amide bonds. The van der Waals surface area contributed by atoms with Crippen LogP contribution in [0, 0.1) is 0 Å². The molecule has 1 aliphatic rings. The number of carboxylic acid groups (broad SMARTS) is 1. The summed E-state index contributed by atoms with van der Waals surface area (Å²) in [5, 5.41) is 9.28. The van der Waals surface area contributed by atoms with Crippen molar-refractivity contribution in [2.45, 2.75) is 17.7 Å². The monoisotopic (exact) mass is 346 g/mol. The lowest BCUT2D eigenvalue weighted by atomic mass is 10.1. The molecule has 7 heteroatoms. The molecule has 0 aromatic heterocycles. The van der Waals surface area contributed by atoms with Gasteiger partial charge in [0, 0.05) is 13.1 Å². The minimum absolute atomic E-state index is 0.0727. The number of benzene rings is 2. The molecule has 3 rings (SSSR count). The summed E-state index contributed by atoms with van der Waals surface area (Å²) in [5.41, 5.74) is 0.423. The summed E-state index contributed by atoms with van der Waals surface area (Å²) in [6, 6.07) is 11.4. The Morgan fingerprint density at radius 2 is 1.83 bits per heavy atom. The van der Waals surface area contributed by atoms with Gasteiger partial charge >= 0.3 is 5.97 Å². The van der Waals surface area contributed by atoms with Gasteiger partial charge in [-0.3, -0.25) is 4.21 Å². The van der Waals surface area contributed by atoms with Crippen molar-refractivity contribution in [2.24, 2.45) is 0 Å². The molecule has 1 N–H and O–H groups in total. The van der Waals surface area contributed by atoms with Crippen molar-refractivity contribution in [2.75, 3.05) is 18.0 Å². The van der Waals surface area contributed by atoms with Crippen molar-refractivity contribution < 1.29 is 23.4 Å². The highest BCUT2D eigenvalue weighted by Crippen LogP contribution is 2.40. The van der Waals surface area contributed by atoms with Crippen molar-refractivity contribution in [3.05, 3.63) is 48.0 Å². The molecule has 2 aromatic carbocycles. The molecular formula is C17H16NO5S-. The van der Waals surface area contributed by atoms with Crippen molar-refractivity contribution in [1.82, 2.24) is 0 Å². The smallest absolute Gasteiger partial charge is 0.335 e. The summed E-state index contributed by atoms with van der Waals surface area (Å²) < 4.78 is 29.1. The molecule has 0 radical (unpaired) electrons. The average molecular weight is 346 g/mol. The molecule has 0 saturated carbocycles. The van der Waals surface area contributed by atoms with Gasteiger partial charge in [-0.05, 0) is 48.2 Å². The van der Waals surface area contributed by atoms with Crippen LogP contribution in [0.1, 0.15) is 23.2 Å². The van der Waals surface area contributed by atoms with Crippen LogP contribution >= 0.6 is 0 Å². The first-order valence-corrected chi connectivity index (χ1v) is 8.62. The van der Waals surface area contributed by atoms with Crippen LogP contribution in [-0.2, 0) is 11.1 Å². The van der Waals surface area contributed by atoms with Crippen LogP contribution in [0.5, 0.6) is 11.5 Å². The van der Waals surface area contributed by atoms with Gasteiger partial charge in [-0.1, -0.05) is 18.2 Å². The van der Waals surface area contributed by atoms with Gasteiger partial charge in [-0.2, -0.15) is 0 Å². The fourth-order valence-corrected chi connectivity index (χ4v) is 3.26. The molecular weight excluding hydrogens is 330 g/mol. The zero-order valence-electron chi connectivity index (χ0n) is 12.8. The second-order valence-corrected chi connectivity index (χ2v) is 6.38. The van der Waals surface area contributed by atoms with E-state index in [-0.39, 0.29) is 16.2 Å². The maximum Gasteiger partial charge on any atom is 0.335 e. The minimum atomic E-state index is -2.62. The number of carboxylic acids is 1. The number of para-hydroxylation sites is 1. The third-order valence-corrected chi connectivity index (χ3v) is 4.53. The molecule has 0 aliphatic carbocycles. The van der Waals surface area contributed by atoms with Gasteiger partial charge in [0.25, 0.3) is 0 Å². The Morgan fingerprint density at radius 3 is 2.42 bits per heavy atom. The van der Waals surface area contributed by atoms with Crippen molar-refractivity contribution in [3.63, 3.8) is 0 Å². The Morgan fingerprint density at radius 1 is 1.17 bits per heavy atom. The number of ether oxygens (including phenoxy) is 1. The molecule has 126 valence electrons. The fourth-order valence-electron chi connectivity index (χ4n) is 2.74. The Kier molecular flexibility index (Phi) is 4.82. The second kappa shape index (κ2) is 7.02. The molecule has 1 fully saturated rings. The first-order chi connectivity index (χ1) is 11.6. The Hall–Kier alpha value is -2.38. The molecule has 0 bridgehead atoms.